The van der Waals surface area contributed by atoms with Gasteiger partial charge in [0.25, 0.3) is 5.69 Å². The average molecular weight is 266 g/mol. The fraction of sp³-hybridized carbons (Fsp3) is 0.571. The van der Waals surface area contributed by atoms with Gasteiger partial charge >= 0.3 is 0 Å². The molecule has 1 atom stereocenters. The van der Waals surface area contributed by atoms with Crippen molar-refractivity contribution in [2.45, 2.75) is 32.8 Å². The zero-order valence-corrected chi connectivity index (χ0v) is 11.7. The van der Waals surface area contributed by atoms with Gasteiger partial charge in [0.15, 0.2) is 0 Å². The quantitative estimate of drug-likeness (QED) is 0.450. The van der Waals surface area contributed by atoms with E-state index in [4.69, 9.17) is 0 Å². The van der Waals surface area contributed by atoms with Crippen LogP contribution in [0.5, 0.6) is 0 Å². The van der Waals surface area contributed by atoms with Crippen molar-refractivity contribution >= 4 is 5.69 Å². The summed E-state index contributed by atoms with van der Waals surface area (Å²) >= 11 is 0. The van der Waals surface area contributed by atoms with E-state index in [0.29, 0.717) is 6.54 Å². The van der Waals surface area contributed by atoms with E-state index in [2.05, 4.69) is 5.32 Å². The minimum atomic E-state index is -0.713. The molecule has 0 aliphatic rings. The van der Waals surface area contributed by atoms with Crippen LogP contribution in [0, 0.1) is 16.0 Å². The van der Waals surface area contributed by atoms with Crippen LogP contribution in [0.1, 0.15) is 26.3 Å². The van der Waals surface area contributed by atoms with Crippen molar-refractivity contribution in [3.05, 3.63) is 39.9 Å². The van der Waals surface area contributed by atoms with Crippen molar-refractivity contribution in [3.63, 3.8) is 0 Å². The van der Waals surface area contributed by atoms with Gasteiger partial charge in [0.05, 0.1) is 10.5 Å². The molecular weight excluding hydrogens is 244 g/mol. The van der Waals surface area contributed by atoms with E-state index in [1.165, 1.54) is 12.1 Å². The Morgan fingerprint density at radius 2 is 1.95 bits per heavy atom. The number of rotatable bonds is 7. The highest BCUT2D eigenvalue weighted by atomic mass is 16.6. The molecule has 0 bridgehead atoms. The second-order valence-corrected chi connectivity index (χ2v) is 5.36. The maximum atomic E-state index is 10.5. The molecule has 19 heavy (non-hydrogen) atoms. The maximum absolute atomic E-state index is 10.5. The molecule has 1 aromatic rings. The summed E-state index contributed by atoms with van der Waals surface area (Å²) in [6, 6.07) is 6.56. The van der Waals surface area contributed by atoms with E-state index in [1.54, 1.807) is 12.1 Å². The summed E-state index contributed by atoms with van der Waals surface area (Å²) in [6.45, 7) is 7.06. The third-order valence-electron chi connectivity index (χ3n) is 3.46. The molecule has 0 amide bonds. The molecule has 1 aromatic carbocycles. The van der Waals surface area contributed by atoms with Gasteiger partial charge in [-0.1, -0.05) is 26.0 Å². The SMILES string of the molecule is CC(C)C(C)(O)CNCCc1ccc([N+](=O)[O-])cc1. The monoisotopic (exact) mass is 266 g/mol. The fourth-order valence-electron chi connectivity index (χ4n) is 1.56. The fourth-order valence-corrected chi connectivity index (χ4v) is 1.56. The molecule has 1 unspecified atom stereocenters. The molecule has 5 heteroatoms. The van der Waals surface area contributed by atoms with E-state index in [9.17, 15) is 15.2 Å². The van der Waals surface area contributed by atoms with Crippen LogP contribution in [0.15, 0.2) is 24.3 Å². The second kappa shape index (κ2) is 6.63. The number of hydrogen-bond acceptors (Lipinski definition) is 4. The molecule has 0 radical (unpaired) electrons. The Bertz CT molecular complexity index is 413. The van der Waals surface area contributed by atoms with Crippen molar-refractivity contribution in [1.82, 2.24) is 5.32 Å². The Morgan fingerprint density at radius 1 is 1.37 bits per heavy atom. The largest absolute Gasteiger partial charge is 0.389 e. The van der Waals surface area contributed by atoms with Gasteiger partial charge in [-0.05, 0) is 31.4 Å². The number of nitrogens with zero attached hydrogens (tertiary/aromatic N) is 1. The van der Waals surface area contributed by atoms with Gasteiger partial charge in [0.1, 0.15) is 0 Å². The van der Waals surface area contributed by atoms with Gasteiger partial charge in [0.2, 0.25) is 0 Å². The Labute approximate surface area is 113 Å². The highest BCUT2D eigenvalue weighted by Crippen LogP contribution is 2.15. The van der Waals surface area contributed by atoms with Gasteiger partial charge in [0, 0.05) is 18.7 Å². The summed E-state index contributed by atoms with van der Waals surface area (Å²) in [6.07, 6.45) is 0.784. The standard InChI is InChI=1S/C14H22N2O3/c1-11(2)14(3,17)10-15-9-8-12-4-6-13(7-5-12)16(18)19/h4-7,11,15,17H,8-10H2,1-3H3. The number of benzene rings is 1. The summed E-state index contributed by atoms with van der Waals surface area (Å²) in [5.41, 5.74) is 0.442. The summed E-state index contributed by atoms with van der Waals surface area (Å²) in [7, 11) is 0. The average Bonchev–Trinajstić information content (AvgIpc) is 2.35. The first-order chi connectivity index (χ1) is 8.83. The molecule has 0 aliphatic carbocycles. The van der Waals surface area contributed by atoms with Gasteiger partial charge in [-0.2, -0.15) is 0 Å². The molecule has 2 N–H and O–H groups in total. The highest BCUT2D eigenvalue weighted by Gasteiger charge is 2.23. The molecule has 0 saturated carbocycles. The molecule has 0 aromatic heterocycles. The molecule has 106 valence electrons. The number of nitro benzene ring substituents is 1. The first kappa shape index (κ1) is 15.6. The zero-order valence-electron chi connectivity index (χ0n) is 11.7. The summed E-state index contributed by atoms with van der Waals surface area (Å²) in [5, 5.41) is 23.8. The predicted molar refractivity (Wildman–Crippen MR) is 75.1 cm³/mol. The summed E-state index contributed by atoms with van der Waals surface area (Å²) in [5.74, 6) is 0.194. The number of aliphatic hydroxyl groups is 1. The number of nitrogens with one attached hydrogen (secondary N) is 1. The molecule has 0 aliphatic heterocycles. The van der Waals surface area contributed by atoms with Gasteiger partial charge in [-0.3, -0.25) is 10.1 Å². The molecule has 1 rings (SSSR count). The van der Waals surface area contributed by atoms with E-state index in [1.807, 2.05) is 20.8 Å². The van der Waals surface area contributed by atoms with E-state index in [0.717, 1.165) is 18.5 Å². The van der Waals surface area contributed by atoms with Crippen LogP contribution < -0.4 is 5.32 Å². The highest BCUT2D eigenvalue weighted by molar-refractivity contribution is 5.32. The molecule has 0 fully saturated rings. The van der Waals surface area contributed by atoms with Gasteiger partial charge in [-0.25, -0.2) is 0 Å². The van der Waals surface area contributed by atoms with Gasteiger partial charge in [-0.15, -0.1) is 0 Å². The Kier molecular flexibility index (Phi) is 5.44. The second-order valence-electron chi connectivity index (χ2n) is 5.36. The first-order valence-corrected chi connectivity index (χ1v) is 6.49. The van der Waals surface area contributed by atoms with E-state index < -0.39 is 10.5 Å². The lowest BCUT2D eigenvalue weighted by Crippen LogP contribution is -2.42. The van der Waals surface area contributed by atoms with Crippen molar-refractivity contribution < 1.29 is 10.0 Å². The minimum absolute atomic E-state index is 0.111. The van der Waals surface area contributed by atoms with Crippen molar-refractivity contribution in [1.29, 1.82) is 0 Å². The Morgan fingerprint density at radius 3 is 2.42 bits per heavy atom. The lowest BCUT2D eigenvalue weighted by atomic mass is 9.92. The third kappa shape index (κ3) is 4.96. The Balaban J connectivity index is 2.36. The summed E-state index contributed by atoms with van der Waals surface area (Å²) in [4.78, 5) is 10.1. The van der Waals surface area contributed by atoms with Gasteiger partial charge < -0.3 is 10.4 Å². The predicted octanol–water partition coefficient (Wildman–Crippen LogP) is 2.13. The first-order valence-electron chi connectivity index (χ1n) is 6.49. The van der Waals surface area contributed by atoms with Crippen molar-refractivity contribution in [3.8, 4) is 0 Å². The van der Waals surface area contributed by atoms with Crippen LogP contribution in [-0.4, -0.2) is 28.7 Å². The Hall–Kier alpha value is -1.46. The normalized spacial score (nSPS) is 14.4. The van der Waals surface area contributed by atoms with Crippen LogP contribution in [0.3, 0.4) is 0 Å². The lowest BCUT2D eigenvalue weighted by molar-refractivity contribution is -0.384. The molecular formula is C14H22N2O3. The molecule has 0 saturated heterocycles. The maximum Gasteiger partial charge on any atom is 0.269 e. The van der Waals surface area contributed by atoms with Crippen molar-refractivity contribution in [2.24, 2.45) is 5.92 Å². The van der Waals surface area contributed by atoms with Crippen LogP contribution in [-0.2, 0) is 6.42 Å². The molecule has 0 spiro atoms. The number of nitro groups is 1. The number of hydrogen-bond donors (Lipinski definition) is 2. The zero-order chi connectivity index (χ0) is 14.5. The third-order valence-corrected chi connectivity index (χ3v) is 3.46. The lowest BCUT2D eigenvalue weighted by Gasteiger charge is -2.27. The smallest absolute Gasteiger partial charge is 0.269 e. The van der Waals surface area contributed by atoms with Crippen LogP contribution >= 0.6 is 0 Å². The van der Waals surface area contributed by atoms with E-state index in [-0.39, 0.29) is 11.6 Å². The van der Waals surface area contributed by atoms with Crippen molar-refractivity contribution in [2.75, 3.05) is 13.1 Å². The van der Waals surface area contributed by atoms with Crippen LogP contribution in [0.4, 0.5) is 5.69 Å². The minimum Gasteiger partial charge on any atom is -0.389 e. The van der Waals surface area contributed by atoms with Crippen LogP contribution in [0.2, 0.25) is 0 Å². The number of non-ortho nitro benzene ring substituents is 1. The molecule has 0 heterocycles. The summed E-state index contributed by atoms with van der Waals surface area (Å²) < 4.78 is 0. The van der Waals surface area contributed by atoms with E-state index >= 15 is 0 Å². The van der Waals surface area contributed by atoms with Crippen LogP contribution in [0.25, 0.3) is 0 Å². The topological polar surface area (TPSA) is 75.4 Å². The molecule has 5 nitrogen and oxygen atoms in total.